The van der Waals surface area contributed by atoms with Gasteiger partial charge in [-0.2, -0.15) is 5.26 Å². The lowest BCUT2D eigenvalue weighted by molar-refractivity contribution is -0.198. The van der Waals surface area contributed by atoms with Crippen LogP contribution in [-0.2, 0) is 14.4 Å². The Kier molecular flexibility index (Phi) is 7.66. The molecule has 8 nitrogen and oxygen atoms in total. The quantitative estimate of drug-likeness (QED) is 0.363. The summed E-state index contributed by atoms with van der Waals surface area (Å²) in [4.78, 5) is 51.2. The zero-order valence-electron chi connectivity index (χ0n) is 23.4. The Morgan fingerprint density at radius 3 is 2.57 bits per heavy atom. The fraction of sp³-hybridized carbons (Fsp3) is 0.375. The first-order valence-corrected chi connectivity index (χ1v) is 14.6. The molecule has 0 bridgehead atoms. The molecular formula is C32H27ClF3N5O3. The van der Waals surface area contributed by atoms with Gasteiger partial charge in [0.2, 0.25) is 17.7 Å². The summed E-state index contributed by atoms with van der Waals surface area (Å²) in [6.45, 7) is 0. The van der Waals surface area contributed by atoms with Crippen LogP contribution in [0, 0.1) is 28.5 Å². The summed E-state index contributed by atoms with van der Waals surface area (Å²) < 4.78 is 41.8. The van der Waals surface area contributed by atoms with E-state index in [2.05, 4.69) is 15.3 Å². The van der Waals surface area contributed by atoms with Gasteiger partial charge in [0, 0.05) is 48.2 Å². The maximum atomic E-state index is 14.6. The number of carbonyl (C=O) groups is 3. The van der Waals surface area contributed by atoms with E-state index in [4.69, 9.17) is 11.6 Å². The minimum atomic E-state index is -2.69. The molecule has 3 fully saturated rings. The first kappa shape index (κ1) is 29.8. The highest BCUT2D eigenvalue weighted by atomic mass is 35.5. The second-order valence-corrected chi connectivity index (χ2v) is 12.4. The maximum absolute atomic E-state index is 14.6. The molecule has 2 aromatic heterocycles. The Morgan fingerprint density at radius 2 is 1.89 bits per heavy atom. The molecular weight excluding hydrogens is 595 g/mol. The van der Waals surface area contributed by atoms with Crippen molar-refractivity contribution < 1.29 is 27.6 Å². The number of nitriles is 1. The van der Waals surface area contributed by atoms with E-state index in [-0.39, 0.29) is 59.0 Å². The van der Waals surface area contributed by atoms with Gasteiger partial charge in [-0.3, -0.25) is 29.3 Å². The van der Waals surface area contributed by atoms with E-state index in [9.17, 15) is 32.8 Å². The number of aromatic nitrogens is 2. The third-order valence-corrected chi connectivity index (χ3v) is 9.23. The van der Waals surface area contributed by atoms with Crippen LogP contribution in [0.2, 0.25) is 5.02 Å². The summed E-state index contributed by atoms with van der Waals surface area (Å²) >= 11 is 6.58. The Morgan fingerprint density at radius 1 is 1.14 bits per heavy atom. The molecule has 1 unspecified atom stereocenters. The number of hydrogen-bond donors (Lipinski definition) is 1. The SMILES string of the molecule is N#Cc1ccnc(C2C(=O)CC[C@H]2C(=O)N(c2cncc(F)c2)[C@H](C(=O)NC2CC3(C2)CC(F)(F)C3)c2ccccc2Cl)c1. The van der Waals surface area contributed by atoms with E-state index < -0.39 is 52.9 Å². The fourth-order valence-corrected chi connectivity index (χ4v) is 7.32. The second-order valence-electron chi connectivity index (χ2n) is 12.0. The van der Waals surface area contributed by atoms with Crippen LogP contribution in [-0.4, -0.2) is 39.5 Å². The first-order chi connectivity index (χ1) is 21.0. The summed E-state index contributed by atoms with van der Waals surface area (Å²) in [6, 6.07) is 10.6. The molecule has 1 spiro atoms. The summed E-state index contributed by atoms with van der Waals surface area (Å²) in [6.07, 6.45) is 4.08. The second kappa shape index (κ2) is 11.3. The Bertz CT molecular complexity index is 1680. The Hall–Kier alpha value is -4.30. The van der Waals surface area contributed by atoms with Crippen LogP contribution in [0.5, 0.6) is 0 Å². The lowest BCUT2D eigenvalue weighted by atomic mass is 9.52. The van der Waals surface area contributed by atoms with Gasteiger partial charge in [0.05, 0.1) is 47.2 Å². The van der Waals surface area contributed by atoms with Gasteiger partial charge in [0.15, 0.2) is 0 Å². The number of Topliss-reactive ketones (excluding diaryl/α,β-unsaturated/α-hetero) is 1. The minimum Gasteiger partial charge on any atom is -0.351 e. The zero-order valence-corrected chi connectivity index (χ0v) is 24.1. The lowest BCUT2D eigenvalue weighted by Gasteiger charge is -2.57. The van der Waals surface area contributed by atoms with E-state index in [0.717, 1.165) is 17.2 Å². The smallest absolute Gasteiger partial charge is 0.249 e. The van der Waals surface area contributed by atoms with Crippen LogP contribution >= 0.6 is 11.6 Å². The fourth-order valence-electron chi connectivity index (χ4n) is 7.08. The molecule has 2 amide bonds. The van der Waals surface area contributed by atoms with Crippen molar-refractivity contribution in [1.29, 1.82) is 5.26 Å². The molecule has 12 heteroatoms. The Labute approximate surface area is 256 Å². The number of amides is 2. The van der Waals surface area contributed by atoms with Gasteiger partial charge >= 0.3 is 0 Å². The van der Waals surface area contributed by atoms with Gasteiger partial charge in [-0.1, -0.05) is 29.8 Å². The zero-order chi connectivity index (χ0) is 31.2. The number of nitrogens with zero attached hydrogens (tertiary/aromatic N) is 4. The highest BCUT2D eigenvalue weighted by Gasteiger charge is 2.62. The number of alkyl halides is 2. The van der Waals surface area contributed by atoms with Crippen LogP contribution in [0.25, 0.3) is 0 Å². The van der Waals surface area contributed by atoms with E-state index in [1.165, 1.54) is 24.5 Å². The molecule has 6 rings (SSSR count). The van der Waals surface area contributed by atoms with Crippen LogP contribution in [0.15, 0.2) is 61.1 Å². The Balaban J connectivity index is 1.39. The molecule has 3 aliphatic carbocycles. The number of carbonyl (C=O) groups excluding carboxylic acids is 3. The third kappa shape index (κ3) is 5.54. The molecule has 1 N–H and O–H groups in total. The van der Waals surface area contributed by atoms with Gasteiger partial charge in [-0.05, 0) is 42.9 Å². The number of anilines is 1. The molecule has 44 heavy (non-hydrogen) atoms. The standard InChI is InChI=1S/C32H27ClF3N5O3/c33-24-4-2-1-3-22(24)28(29(43)40-20-11-31(12-20)16-32(35,36)17-31)41(21-10-19(34)14-38-15-21)30(44)23-5-6-26(42)27(23)25-9-18(13-37)7-8-39-25/h1-4,7-10,14-15,20,23,27-28H,5-6,11-12,16-17H2,(H,40,43)/t23-,27?,28+/m1/s1. The van der Waals surface area contributed by atoms with Crippen LogP contribution in [0.3, 0.4) is 0 Å². The van der Waals surface area contributed by atoms with Gasteiger partial charge in [0.25, 0.3) is 0 Å². The number of nitrogens with one attached hydrogen (secondary N) is 1. The highest BCUT2D eigenvalue weighted by molar-refractivity contribution is 6.31. The minimum absolute atomic E-state index is 0.0318. The van der Waals surface area contributed by atoms with Crippen molar-refractivity contribution in [3.8, 4) is 6.07 Å². The predicted molar refractivity (Wildman–Crippen MR) is 153 cm³/mol. The lowest BCUT2D eigenvalue weighted by Crippen LogP contribution is -2.61. The van der Waals surface area contributed by atoms with Crippen LogP contribution < -0.4 is 10.2 Å². The summed E-state index contributed by atoms with van der Waals surface area (Å²) in [5.74, 6) is -6.98. The third-order valence-electron chi connectivity index (χ3n) is 8.88. The van der Waals surface area contributed by atoms with Gasteiger partial charge in [0.1, 0.15) is 17.6 Å². The molecule has 0 saturated heterocycles. The number of pyridine rings is 2. The van der Waals surface area contributed by atoms with E-state index in [0.29, 0.717) is 12.8 Å². The maximum Gasteiger partial charge on any atom is 0.249 e. The number of rotatable bonds is 7. The molecule has 1 aromatic carbocycles. The molecule has 0 aliphatic heterocycles. The largest absolute Gasteiger partial charge is 0.351 e. The monoisotopic (exact) mass is 621 g/mol. The first-order valence-electron chi connectivity index (χ1n) is 14.2. The van der Waals surface area contributed by atoms with E-state index >= 15 is 0 Å². The van der Waals surface area contributed by atoms with Crippen LogP contribution in [0.4, 0.5) is 18.9 Å². The molecule has 3 atom stereocenters. The van der Waals surface area contributed by atoms with E-state index in [1.807, 2.05) is 6.07 Å². The topological polar surface area (TPSA) is 116 Å². The van der Waals surface area contributed by atoms with Crippen molar-refractivity contribution in [2.75, 3.05) is 4.90 Å². The predicted octanol–water partition coefficient (Wildman–Crippen LogP) is 5.67. The van der Waals surface area contributed by atoms with Crippen LogP contribution in [0.1, 0.15) is 67.3 Å². The average Bonchev–Trinajstić information content (AvgIpc) is 3.35. The molecule has 3 aliphatic rings. The van der Waals surface area contributed by atoms with Crippen molar-refractivity contribution in [1.82, 2.24) is 15.3 Å². The summed E-state index contributed by atoms with van der Waals surface area (Å²) in [5, 5.41) is 12.5. The van der Waals surface area contributed by atoms with Gasteiger partial charge in [-0.25, -0.2) is 13.2 Å². The number of hydrogen-bond acceptors (Lipinski definition) is 6. The molecule has 3 aromatic rings. The number of benzene rings is 1. The molecule has 2 heterocycles. The molecule has 226 valence electrons. The van der Waals surface area contributed by atoms with Crippen molar-refractivity contribution >= 4 is 34.9 Å². The molecule has 0 radical (unpaired) electrons. The van der Waals surface area contributed by atoms with Crippen molar-refractivity contribution in [2.24, 2.45) is 11.3 Å². The molecule has 3 saturated carbocycles. The highest BCUT2D eigenvalue weighted by Crippen LogP contribution is 2.62. The normalized spacial score (nSPS) is 22.4. The summed E-state index contributed by atoms with van der Waals surface area (Å²) in [5.41, 5.74) is 0.224. The van der Waals surface area contributed by atoms with Crippen molar-refractivity contribution in [3.05, 3.63) is 88.7 Å². The van der Waals surface area contributed by atoms with Crippen molar-refractivity contribution in [3.63, 3.8) is 0 Å². The average molecular weight is 622 g/mol. The van der Waals surface area contributed by atoms with Gasteiger partial charge in [-0.15, -0.1) is 0 Å². The van der Waals surface area contributed by atoms with Crippen molar-refractivity contribution in [2.45, 2.75) is 62.4 Å². The summed E-state index contributed by atoms with van der Waals surface area (Å²) in [7, 11) is 0. The van der Waals surface area contributed by atoms with Gasteiger partial charge < -0.3 is 5.32 Å². The number of halogens is 4. The van der Waals surface area contributed by atoms with E-state index in [1.54, 1.807) is 24.3 Å². The number of ketones is 1.